The van der Waals surface area contributed by atoms with Crippen molar-refractivity contribution < 1.29 is 4.42 Å². The number of hydrogen-bond donors (Lipinski definition) is 0. The van der Waals surface area contributed by atoms with Gasteiger partial charge in [-0.05, 0) is 83.9 Å². The number of thiophene rings is 1. The van der Waals surface area contributed by atoms with Crippen LogP contribution in [-0.4, -0.2) is 4.57 Å². The van der Waals surface area contributed by atoms with Gasteiger partial charge in [0, 0.05) is 54.1 Å². The van der Waals surface area contributed by atoms with E-state index in [2.05, 4.69) is 179 Å². The number of hydrogen-bond acceptors (Lipinski definition) is 3. The minimum absolute atomic E-state index is 0.898. The van der Waals surface area contributed by atoms with Gasteiger partial charge in [0.15, 0.2) is 0 Å². The molecule has 0 N–H and O–H groups in total. The highest BCUT2D eigenvalue weighted by molar-refractivity contribution is 7.26. The fraction of sp³-hybridized carbons (Fsp3) is 0. The first kappa shape index (κ1) is 29.1. The highest BCUT2D eigenvalue weighted by atomic mass is 32.1. The van der Waals surface area contributed by atoms with Crippen LogP contribution in [0.25, 0.3) is 80.7 Å². The topological polar surface area (TPSA) is 21.3 Å². The van der Waals surface area contributed by atoms with Gasteiger partial charge in [0.2, 0.25) is 0 Å². The molecule has 4 heteroatoms. The van der Waals surface area contributed by atoms with Crippen LogP contribution in [0.3, 0.4) is 0 Å². The molecular formula is C48H30N2OS. The number of aromatic nitrogens is 1. The molecule has 0 spiro atoms. The third-order valence-electron chi connectivity index (χ3n) is 10.4. The van der Waals surface area contributed by atoms with Crippen LogP contribution in [0, 0.1) is 0 Å². The third-order valence-corrected chi connectivity index (χ3v) is 11.6. The molecule has 0 unspecified atom stereocenters. The van der Waals surface area contributed by atoms with Crippen molar-refractivity contribution >= 4 is 92.3 Å². The zero-order valence-electron chi connectivity index (χ0n) is 28.0. The normalized spacial score (nSPS) is 11.8. The molecule has 0 saturated heterocycles. The van der Waals surface area contributed by atoms with Crippen molar-refractivity contribution in [2.75, 3.05) is 4.90 Å². The monoisotopic (exact) mass is 682 g/mol. The molecule has 0 bridgehead atoms. The molecule has 0 atom stereocenters. The molecule has 0 aliphatic heterocycles. The summed E-state index contributed by atoms with van der Waals surface area (Å²) in [5.74, 6) is 0. The summed E-state index contributed by atoms with van der Waals surface area (Å²) in [7, 11) is 0. The standard InChI is InChI=1S/C48H30N2OS/c1-2-13-33(14-3-1)50-42-20-7-4-16-36(42)37-27-25-35(30-44(37)50)49(43-21-11-19-41-40-18-6-9-23-47(40)52-48(41)43)34-15-10-12-31(28-34)32-24-26-39-38-17-5-8-22-45(38)51-46(39)29-32/h1-30H. The van der Waals surface area contributed by atoms with E-state index in [9.17, 15) is 0 Å². The lowest BCUT2D eigenvalue weighted by Crippen LogP contribution is -2.10. The van der Waals surface area contributed by atoms with Crippen molar-refractivity contribution in [3.63, 3.8) is 0 Å². The Morgan fingerprint density at radius 1 is 0.423 bits per heavy atom. The fourth-order valence-corrected chi connectivity index (χ4v) is 9.23. The molecule has 0 aliphatic carbocycles. The first-order valence-corrected chi connectivity index (χ1v) is 18.4. The van der Waals surface area contributed by atoms with E-state index in [1.54, 1.807) is 0 Å². The van der Waals surface area contributed by atoms with E-state index >= 15 is 0 Å². The molecule has 0 fully saturated rings. The predicted octanol–water partition coefficient (Wildman–Crippen LogP) is 14.2. The Morgan fingerprint density at radius 3 is 2.02 bits per heavy atom. The Kier molecular flexibility index (Phi) is 6.42. The number of fused-ring (bicyclic) bond motifs is 9. The van der Waals surface area contributed by atoms with Gasteiger partial charge in [-0.2, -0.15) is 0 Å². The van der Waals surface area contributed by atoms with Gasteiger partial charge in [-0.3, -0.25) is 0 Å². The first-order chi connectivity index (χ1) is 25.8. The summed E-state index contributed by atoms with van der Waals surface area (Å²) in [4.78, 5) is 2.44. The molecule has 8 aromatic carbocycles. The lowest BCUT2D eigenvalue weighted by molar-refractivity contribution is 0.669. The number of nitrogens with zero attached hydrogens (tertiary/aromatic N) is 2. The maximum absolute atomic E-state index is 6.31. The van der Waals surface area contributed by atoms with Crippen LogP contribution in [0.1, 0.15) is 0 Å². The van der Waals surface area contributed by atoms with Gasteiger partial charge >= 0.3 is 0 Å². The lowest BCUT2D eigenvalue weighted by Gasteiger charge is -2.27. The molecule has 244 valence electrons. The predicted molar refractivity (Wildman–Crippen MR) is 221 cm³/mol. The van der Waals surface area contributed by atoms with Crippen LogP contribution >= 0.6 is 11.3 Å². The average molecular weight is 683 g/mol. The quantitative estimate of drug-likeness (QED) is 0.180. The van der Waals surface area contributed by atoms with Crippen LogP contribution in [0.5, 0.6) is 0 Å². The van der Waals surface area contributed by atoms with Crippen molar-refractivity contribution in [2.24, 2.45) is 0 Å². The van der Waals surface area contributed by atoms with Gasteiger partial charge in [-0.15, -0.1) is 11.3 Å². The van der Waals surface area contributed by atoms with Crippen LogP contribution < -0.4 is 4.90 Å². The highest BCUT2D eigenvalue weighted by Gasteiger charge is 2.21. The SMILES string of the molecule is c1ccc(-n2c3ccccc3c3ccc(N(c4cccc(-c5ccc6c(c5)oc5ccccc56)c4)c4cccc5c4sc4ccccc45)cc32)cc1. The van der Waals surface area contributed by atoms with Gasteiger partial charge in [-0.25, -0.2) is 0 Å². The van der Waals surface area contributed by atoms with Crippen molar-refractivity contribution in [1.82, 2.24) is 4.57 Å². The van der Waals surface area contributed by atoms with E-state index < -0.39 is 0 Å². The molecule has 0 saturated carbocycles. The van der Waals surface area contributed by atoms with E-state index in [4.69, 9.17) is 4.42 Å². The number of furan rings is 1. The summed E-state index contributed by atoms with van der Waals surface area (Å²) >= 11 is 1.86. The minimum atomic E-state index is 0.898. The molecule has 3 nitrogen and oxygen atoms in total. The van der Waals surface area contributed by atoms with E-state index in [0.29, 0.717) is 0 Å². The lowest BCUT2D eigenvalue weighted by atomic mass is 10.0. The van der Waals surface area contributed by atoms with Crippen LogP contribution in [0.15, 0.2) is 186 Å². The number of para-hydroxylation sites is 3. The summed E-state index contributed by atoms with van der Waals surface area (Å²) < 4.78 is 11.3. The van der Waals surface area contributed by atoms with Gasteiger partial charge in [0.1, 0.15) is 11.2 Å². The maximum atomic E-state index is 6.31. The molecule has 3 aromatic heterocycles. The molecule has 11 aromatic rings. The fourth-order valence-electron chi connectivity index (χ4n) is 8.02. The highest BCUT2D eigenvalue weighted by Crippen LogP contribution is 2.46. The van der Waals surface area contributed by atoms with Gasteiger partial charge in [-0.1, -0.05) is 109 Å². The number of benzene rings is 8. The van der Waals surface area contributed by atoms with Crippen LogP contribution in [-0.2, 0) is 0 Å². The zero-order chi connectivity index (χ0) is 34.2. The molecule has 11 rings (SSSR count). The maximum Gasteiger partial charge on any atom is 0.136 e. The van der Waals surface area contributed by atoms with Crippen LogP contribution in [0.4, 0.5) is 17.1 Å². The van der Waals surface area contributed by atoms with E-state index in [0.717, 1.165) is 55.8 Å². The summed E-state index contributed by atoms with van der Waals surface area (Å²) in [5, 5.41) is 7.32. The zero-order valence-corrected chi connectivity index (χ0v) is 28.8. The van der Waals surface area contributed by atoms with Crippen molar-refractivity contribution in [3.05, 3.63) is 182 Å². The Bertz CT molecular complexity index is 3150. The van der Waals surface area contributed by atoms with E-state index in [1.807, 2.05) is 23.5 Å². The number of rotatable bonds is 5. The summed E-state index contributed by atoms with van der Waals surface area (Å²) in [5.41, 5.74) is 10.9. The van der Waals surface area contributed by atoms with Crippen LogP contribution in [0.2, 0.25) is 0 Å². The summed E-state index contributed by atoms with van der Waals surface area (Å²) in [6.45, 7) is 0. The smallest absolute Gasteiger partial charge is 0.136 e. The molecule has 52 heavy (non-hydrogen) atoms. The second-order valence-electron chi connectivity index (χ2n) is 13.3. The van der Waals surface area contributed by atoms with Gasteiger partial charge < -0.3 is 13.9 Å². The molecule has 0 radical (unpaired) electrons. The Balaban J connectivity index is 1.15. The third kappa shape index (κ3) is 4.45. The molecule has 0 aliphatic rings. The van der Waals surface area contributed by atoms with Gasteiger partial charge in [0.25, 0.3) is 0 Å². The van der Waals surface area contributed by atoms with E-state index in [1.165, 1.54) is 42.0 Å². The van der Waals surface area contributed by atoms with E-state index in [-0.39, 0.29) is 0 Å². The second kappa shape index (κ2) is 11.5. The largest absolute Gasteiger partial charge is 0.456 e. The Hall–Kier alpha value is -6.62. The first-order valence-electron chi connectivity index (χ1n) is 17.6. The molecule has 3 heterocycles. The second-order valence-corrected chi connectivity index (χ2v) is 14.4. The van der Waals surface area contributed by atoms with Gasteiger partial charge in [0.05, 0.1) is 21.4 Å². The Morgan fingerprint density at radius 2 is 1.10 bits per heavy atom. The molecule has 0 amide bonds. The molecular weight excluding hydrogens is 653 g/mol. The van der Waals surface area contributed by atoms with Crippen molar-refractivity contribution in [1.29, 1.82) is 0 Å². The average Bonchev–Trinajstić information content (AvgIpc) is 3.88. The number of anilines is 3. The minimum Gasteiger partial charge on any atom is -0.456 e. The Labute approximate surface area is 303 Å². The van der Waals surface area contributed by atoms with Crippen molar-refractivity contribution in [2.45, 2.75) is 0 Å². The summed E-state index contributed by atoms with van der Waals surface area (Å²) in [6.07, 6.45) is 0. The summed E-state index contributed by atoms with van der Waals surface area (Å²) in [6, 6.07) is 65.5. The van der Waals surface area contributed by atoms with Crippen molar-refractivity contribution in [3.8, 4) is 16.8 Å².